The van der Waals surface area contributed by atoms with Gasteiger partial charge in [0.25, 0.3) is 5.56 Å². The first-order valence-electron chi connectivity index (χ1n) is 9.24. The zero-order valence-electron chi connectivity index (χ0n) is 16.7. The van der Waals surface area contributed by atoms with Crippen molar-refractivity contribution in [1.29, 1.82) is 0 Å². The van der Waals surface area contributed by atoms with E-state index in [1.165, 1.54) is 0 Å². The molecule has 0 saturated heterocycles. The van der Waals surface area contributed by atoms with Crippen molar-refractivity contribution in [3.63, 3.8) is 0 Å². The molecule has 3 aromatic rings. The van der Waals surface area contributed by atoms with Crippen LogP contribution in [0.2, 0.25) is 0 Å². The molecule has 0 aliphatic carbocycles. The number of nitrogens with one attached hydrogen (secondary N) is 2. The van der Waals surface area contributed by atoms with Crippen LogP contribution in [0.1, 0.15) is 39.0 Å². The Morgan fingerprint density at radius 3 is 2.59 bits per heavy atom. The Hall–Kier alpha value is -2.44. The van der Waals surface area contributed by atoms with Crippen LogP contribution in [-0.2, 0) is 16.7 Å². The molecule has 1 unspecified atom stereocenters. The molecule has 0 bridgehead atoms. The van der Waals surface area contributed by atoms with Crippen molar-refractivity contribution >= 4 is 11.0 Å². The van der Waals surface area contributed by atoms with E-state index in [4.69, 9.17) is 9.84 Å². The van der Waals surface area contributed by atoms with Gasteiger partial charge in [-0.25, -0.2) is 4.68 Å². The van der Waals surface area contributed by atoms with Crippen LogP contribution in [0.15, 0.2) is 41.2 Å². The van der Waals surface area contributed by atoms with Crippen LogP contribution in [0, 0.1) is 0 Å². The van der Waals surface area contributed by atoms with Crippen LogP contribution in [0.25, 0.3) is 16.7 Å². The molecule has 0 radical (unpaired) electrons. The van der Waals surface area contributed by atoms with E-state index in [9.17, 15) is 4.79 Å². The topological polar surface area (TPSA) is 71.9 Å². The summed E-state index contributed by atoms with van der Waals surface area (Å²) in [6.07, 6.45) is 0. The predicted octanol–water partition coefficient (Wildman–Crippen LogP) is 3.14. The molecule has 0 aliphatic rings. The highest BCUT2D eigenvalue weighted by atomic mass is 16.5. The van der Waals surface area contributed by atoms with E-state index in [2.05, 4.69) is 31.1 Å². The van der Waals surface area contributed by atoms with Crippen molar-refractivity contribution in [2.75, 3.05) is 13.7 Å². The SMILES string of the molecule is COCC(C)NCc1cc2c(C(C)(C)C)nn(-c3ccccc3)c2[nH]c1=O. The minimum Gasteiger partial charge on any atom is -0.383 e. The monoisotopic (exact) mass is 368 g/mol. The first-order chi connectivity index (χ1) is 12.8. The van der Waals surface area contributed by atoms with Gasteiger partial charge in [0, 0.05) is 36.1 Å². The second-order valence-electron chi connectivity index (χ2n) is 7.97. The summed E-state index contributed by atoms with van der Waals surface area (Å²) >= 11 is 0. The lowest BCUT2D eigenvalue weighted by Gasteiger charge is -2.16. The number of para-hydroxylation sites is 1. The maximum absolute atomic E-state index is 12.7. The highest BCUT2D eigenvalue weighted by Crippen LogP contribution is 2.29. The van der Waals surface area contributed by atoms with Crippen molar-refractivity contribution in [3.05, 3.63) is 58.0 Å². The first kappa shape index (κ1) is 19.3. The van der Waals surface area contributed by atoms with E-state index in [1.54, 1.807) is 7.11 Å². The summed E-state index contributed by atoms with van der Waals surface area (Å²) in [5.41, 5.74) is 3.06. The third-order valence-corrected chi connectivity index (χ3v) is 4.53. The number of hydrogen-bond acceptors (Lipinski definition) is 4. The van der Waals surface area contributed by atoms with Crippen molar-refractivity contribution in [3.8, 4) is 5.69 Å². The molecular formula is C21H28N4O2. The first-order valence-corrected chi connectivity index (χ1v) is 9.24. The molecule has 0 spiro atoms. The molecule has 6 heteroatoms. The van der Waals surface area contributed by atoms with Crippen LogP contribution in [0.5, 0.6) is 0 Å². The standard InChI is InChI=1S/C21H28N4O2/c1-14(13-27-5)22-12-15-11-17-18(21(2,3)4)24-25(19(17)23-20(15)26)16-9-7-6-8-10-16/h6-11,14,22H,12-13H2,1-5H3,(H,23,26). The number of rotatable bonds is 6. The minimum absolute atomic E-state index is 0.0999. The Morgan fingerprint density at radius 2 is 1.96 bits per heavy atom. The summed E-state index contributed by atoms with van der Waals surface area (Å²) in [4.78, 5) is 15.7. The fourth-order valence-corrected chi connectivity index (χ4v) is 3.15. The van der Waals surface area contributed by atoms with Gasteiger partial charge in [0.05, 0.1) is 18.0 Å². The third kappa shape index (κ3) is 4.12. The Kier molecular flexibility index (Phi) is 5.48. The Balaban J connectivity index is 2.11. The van der Waals surface area contributed by atoms with Gasteiger partial charge in [0.2, 0.25) is 0 Å². The average molecular weight is 368 g/mol. The zero-order chi connectivity index (χ0) is 19.6. The van der Waals surface area contributed by atoms with Crippen LogP contribution < -0.4 is 10.9 Å². The van der Waals surface area contributed by atoms with Gasteiger partial charge in [-0.1, -0.05) is 39.0 Å². The van der Waals surface area contributed by atoms with E-state index in [0.29, 0.717) is 18.7 Å². The number of benzene rings is 1. The van der Waals surface area contributed by atoms with Gasteiger partial charge in [0.15, 0.2) is 0 Å². The van der Waals surface area contributed by atoms with E-state index in [0.717, 1.165) is 22.4 Å². The second kappa shape index (κ2) is 7.66. The molecule has 0 amide bonds. The minimum atomic E-state index is -0.148. The van der Waals surface area contributed by atoms with Gasteiger partial charge in [-0.3, -0.25) is 4.79 Å². The lowest BCUT2D eigenvalue weighted by Crippen LogP contribution is -2.31. The molecule has 144 valence electrons. The van der Waals surface area contributed by atoms with Crippen molar-refractivity contribution in [2.45, 2.75) is 45.7 Å². The molecule has 2 N–H and O–H groups in total. The molecule has 2 aromatic heterocycles. The molecule has 27 heavy (non-hydrogen) atoms. The van der Waals surface area contributed by atoms with Crippen LogP contribution in [0.3, 0.4) is 0 Å². The average Bonchev–Trinajstić information content (AvgIpc) is 2.99. The summed E-state index contributed by atoms with van der Waals surface area (Å²) in [7, 11) is 1.67. The smallest absolute Gasteiger partial charge is 0.254 e. The number of aromatic amines is 1. The summed E-state index contributed by atoms with van der Waals surface area (Å²) in [5, 5.41) is 9.15. The number of methoxy groups -OCH3 is 1. The number of hydrogen-bond donors (Lipinski definition) is 2. The maximum atomic E-state index is 12.7. The number of nitrogens with zero attached hydrogens (tertiary/aromatic N) is 2. The molecule has 6 nitrogen and oxygen atoms in total. The molecule has 1 aromatic carbocycles. The summed E-state index contributed by atoms with van der Waals surface area (Å²) < 4.78 is 6.97. The summed E-state index contributed by atoms with van der Waals surface area (Å²) in [6, 6.07) is 12.0. The Labute approximate surface area is 159 Å². The van der Waals surface area contributed by atoms with E-state index >= 15 is 0 Å². The molecule has 0 aliphatic heterocycles. The number of ether oxygens (including phenoxy) is 1. The molecular weight excluding hydrogens is 340 g/mol. The Bertz CT molecular complexity index is 967. The summed E-state index contributed by atoms with van der Waals surface area (Å²) in [5.74, 6) is 0. The lowest BCUT2D eigenvalue weighted by atomic mass is 9.90. The highest BCUT2D eigenvalue weighted by molar-refractivity contribution is 5.81. The van der Waals surface area contributed by atoms with E-state index in [-0.39, 0.29) is 17.0 Å². The van der Waals surface area contributed by atoms with Gasteiger partial charge in [-0.2, -0.15) is 5.10 Å². The zero-order valence-corrected chi connectivity index (χ0v) is 16.7. The number of aromatic nitrogens is 3. The predicted molar refractivity (Wildman–Crippen MR) is 109 cm³/mol. The van der Waals surface area contributed by atoms with E-state index in [1.807, 2.05) is 48.0 Å². The number of fused-ring (bicyclic) bond motifs is 1. The fourth-order valence-electron chi connectivity index (χ4n) is 3.15. The third-order valence-electron chi connectivity index (χ3n) is 4.53. The molecule has 3 rings (SSSR count). The number of H-pyrrole nitrogens is 1. The quantitative estimate of drug-likeness (QED) is 0.701. The van der Waals surface area contributed by atoms with Crippen LogP contribution in [0.4, 0.5) is 0 Å². The van der Waals surface area contributed by atoms with Gasteiger partial charge >= 0.3 is 0 Å². The summed E-state index contributed by atoms with van der Waals surface area (Å²) in [6.45, 7) is 9.51. The molecule has 1 atom stereocenters. The maximum Gasteiger partial charge on any atom is 0.254 e. The van der Waals surface area contributed by atoms with Crippen molar-refractivity contribution in [2.24, 2.45) is 0 Å². The molecule has 2 heterocycles. The van der Waals surface area contributed by atoms with Crippen molar-refractivity contribution < 1.29 is 4.74 Å². The lowest BCUT2D eigenvalue weighted by molar-refractivity contribution is 0.171. The van der Waals surface area contributed by atoms with Crippen LogP contribution in [-0.4, -0.2) is 34.5 Å². The van der Waals surface area contributed by atoms with Gasteiger partial charge in [-0.05, 0) is 25.1 Å². The van der Waals surface area contributed by atoms with Gasteiger partial charge in [-0.15, -0.1) is 0 Å². The normalized spacial score (nSPS) is 13.2. The molecule has 0 saturated carbocycles. The van der Waals surface area contributed by atoms with Gasteiger partial charge in [0.1, 0.15) is 5.65 Å². The van der Waals surface area contributed by atoms with Crippen molar-refractivity contribution in [1.82, 2.24) is 20.1 Å². The van der Waals surface area contributed by atoms with Crippen LogP contribution >= 0.6 is 0 Å². The fraction of sp³-hybridized carbons (Fsp3) is 0.429. The van der Waals surface area contributed by atoms with E-state index < -0.39 is 0 Å². The van der Waals surface area contributed by atoms with Gasteiger partial charge < -0.3 is 15.0 Å². The largest absolute Gasteiger partial charge is 0.383 e. The second-order valence-corrected chi connectivity index (χ2v) is 7.97. The highest BCUT2D eigenvalue weighted by Gasteiger charge is 2.24. The molecule has 0 fully saturated rings. The number of pyridine rings is 1. The Morgan fingerprint density at radius 1 is 1.26 bits per heavy atom.